The van der Waals surface area contributed by atoms with Gasteiger partial charge in [0.25, 0.3) is 0 Å². The summed E-state index contributed by atoms with van der Waals surface area (Å²) in [6.45, 7) is 0.966. The van der Waals surface area contributed by atoms with Crippen LogP contribution in [0.1, 0.15) is 29.7 Å². The zero-order valence-corrected chi connectivity index (χ0v) is 10.8. The molecular formula is C14H15ClN2O. The lowest BCUT2D eigenvalue weighted by Crippen LogP contribution is -1.98. The van der Waals surface area contributed by atoms with Gasteiger partial charge in [-0.1, -0.05) is 35.0 Å². The number of rotatable bonds is 2. The quantitative estimate of drug-likeness (QED) is 0.897. The Morgan fingerprint density at radius 2 is 2.17 bits per heavy atom. The molecule has 0 spiro atoms. The highest BCUT2D eigenvalue weighted by Gasteiger charge is 2.18. The largest absolute Gasteiger partial charge is 0.354 e. The summed E-state index contributed by atoms with van der Waals surface area (Å²) in [7, 11) is 0. The molecule has 0 saturated heterocycles. The standard InChI is InChI=1S/C14H15ClN2O/c15-12-7-2-1-5-10(12)9-13-11-6-3-4-8-16-14(11)18-17-13/h1-2,5,7,16H,3-4,6,8-9H2. The smallest absolute Gasteiger partial charge is 0.228 e. The van der Waals surface area contributed by atoms with Gasteiger partial charge in [0.2, 0.25) is 5.88 Å². The van der Waals surface area contributed by atoms with Crippen molar-refractivity contribution in [3.05, 3.63) is 46.1 Å². The van der Waals surface area contributed by atoms with Crippen LogP contribution in [-0.2, 0) is 12.8 Å². The number of hydrogen-bond acceptors (Lipinski definition) is 3. The van der Waals surface area contributed by atoms with Gasteiger partial charge in [-0.15, -0.1) is 0 Å². The van der Waals surface area contributed by atoms with E-state index in [0.29, 0.717) is 0 Å². The first-order chi connectivity index (χ1) is 8.84. The predicted octanol–water partition coefficient (Wildman–Crippen LogP) is 3.67. The Labute approximate surface area is 111 Å². The molecule has 0 amide bonds. The van der Waals surface area contributed by atoms with Crippen molar-refractivity contribution in [1.82, 2.24) is 5.16 Å². The topological polar surface area (TPSA) is 38.1 Å². The van der Waals surface area contributed by atoms with Gasteiger partial charge in [0.1, 0.15) is 0 Å². The first-order valence-corrected chi connectivity index (χ1v) is 6.67. The summed E-state index contributed by atoms with van der Waals surface area (Å²) in [6, 6.07) is 7.89. The lowest BCUT2D eigenvalue weighted by atomic mass is 10.0. The maximum atomic E-state index is 6.18. The summed E-state index contributed by atoms with van der Waals surface area (Å²) in [6.07, 6.45) is 4.12. The molecular weight excluding hydrogens is 248 g/mol. The summed E-state index contributed by atoms with van der Waals surface area (Å²) in [5.41, 5.74) is 3.32. The Bertz CT molecular complexity index is 550. The van der Waals surface area contributed by atoms with Crippen LogP contribution in [0, 0.1) is 0 Å². The molecule has 2 heterocycles. The Hall–Kier alpha value is -1.48. The second kappa shape index (κ2) is 5.02. The molecule has 3 rings (SSSR count). The second-order valence-corrected chi connectivity index (χ2v) is 5.00. The number of halogens is 1. The third kappa shape index (κ3) is 2.23. The van der Waals surface area contributed by atoms with E-state index in [4.69, 9.17) is 16.1 Å². The molecule has 0 bridgehead atoms. The van der Waals surface area contributed by atoms with Crippen LogP contribution in [0.5, 0.6) is 0 Å². The molecule has 4 heteroatoms. The summed E-state index contributed by atoms with van der Waals surface area (Å²) in [5.74, 6) is 0.842. The number of aromatic nitrogens is 1. The van der Waals surface area contributed by atoms with Crippen LogP contribution in [0.2, 0.25) is 5.02 Å². The third-order valence-electron chi connectivity index (χ3n) is 3.32. The van der Waals surface area contributed by atoms with E-state index in [9.17, 15) is 0 Å². The van der Waals surface area contributed by atoms with Crippen molar-refractivity contribution in [3.63, 3.8) is 0 Å². The van der Waals surface area contributed by atoms with Crippen molar-refractivity contribution in [2.45, 2.75) is 25.7 Å². The fourth-order valence-electron chi connectivity index (χ4n) is 2.33. The summed E-state index contributed by atoms with van der Waals surface area (Å²) < 4.78 is 5.37. The van der Waals surface area contributed by atoms with Gasteiger partial charge in [0.05, 0.1) is 5.69 Å². The van der Waals surface area contributed by atoms with Gasteiger partial charge in [0, 0.05) is 23.6 Å². The van der Waals surface area contributed by atoms with Crippen LogP contribution in [0.3, 0.4) is 0 Å². The van der Waals surface area contributed by atoms with Crippen LogP contribution >= 0.6 is 11.6 Å². The molecule has 3 nitrogen and oxygen atoms in total. The van der Waals surface area contributed by atoms with Crippen molar-refractivity contribution in [3.8, 4) is 0 Å². The average molecular weight is 263 g/mol. The van der Waals surface area contributed by atoms with Gasteiger partial charge in [-0.3, -0.25) is 0 Å². The zero-order chi connectivity index (χ0) is 12.4. The van der Waals surface area contributed by atoms with Gasteiger partial charge in [0.15, 0.2) is 0 Å². The van der Waals surface area contributed by atoms with Gasteiger partial charge in [-0.25, -0.2) is 0 Å². The molecule has 1 aliphatic heterocycles. The van der Waals surface area contributed by atoms with Crippen LogP contribution in [0.4, 0.5) is 5.88 Å². The van der Waals surface area contributed by atoms with E-state index >= 15 is 0 Å². The molecule has 0 atom stereocenters. The molecule has 1 aliphatic rings. The van der Waals surface area contributed by atoms with Crippen LogP contribution in [-0.4, -0.2) is 11.7 Å². The summed E-state index contributed by atoms with van der Waals surface area (Å²) in [4.78, 5) is 0. The third-order valence-corrected chi connectivity index (χ3v) is 3.69. The number of nitrogens with zero attached hydrogens (tertiary/aromatic N) is 1. The average Bonchev–Trinajstić information content (AvgIpc) is 2.62. The highest BCUT2D eigenvalue weighted by atomic mass is 35.5. The molecule has 18 heavy (non-hydrogen) atoms. The Morgan fingerprint density at radius 1 is 1.28 bits per heavy atom. The predicted molar refractivity (Wildman–Crippen MR) is 72.2 cm³/mol. The number of hydrogen-bond donors (Lipinski definition) is 1. The molecule has 2 aromatic rings. The molecule has 0 saturated carbocycles. The normalized spacial score (nSPS) is 14.7. The Kier molecular flexibility index (Phi) is 3.24. The monoisotopic (exact) mass is 262 g/mol. The molecule has 1 aromatic carbocycles. The molecule has 0 fully saturated rings. The summed E-state index contributed by atoms with van der Waals surface area (Å²) in [5, 5.41) is 8.25. The van der Waals surface area contributed by atoms with Crippen molar-refractivity contribution >= 4 is 17.5 Å². The molecule has 1 aromatic heterocycles. The fraction of sp³-hybridized carbons (Fsp3) is 0.357. The summed E-state index contributed by atoms with van der Waals surface area (Å²) >= 11 is 6.18. The van der Waals surface area contributed by atoms with Gasteiger partial charge < -0.3 is 9.84 Å². The Balaban J connectivity index is 1.89. The second-order valence-electron chi connectivity index (χ2n) is 4.59. The SMILES string of the molecule is Clc1ccccc1Cc1noc2c1CCCCN2. The number of nitrogens with one attached hydrogen (secondary N) is 1. The molecule has 1 N–H and O–H groups in total. The highest BCUT2D eigenvalue weighted by Crippen LogP contribution is 2.28. The maximum absolute atomic E-state index is 6.18. The van der Waals surface area contributed by atoms with Gasteiger partial charge >= 0.3 is 0 Å². The van der Waals surface area contributed by atoms with E-state index in [2.05, 4.69) is 10.5 Å². The minimum atomic E-state index is 0.736. The molecule has 0 radical (unpaired) electrons. The van der Waals surface area contributed by atoms with Gasteiger partial charge in [-0.05, 0) is 30.9 Å². The van der Waals surface area contributed by atoms with Crippen molar-refractivity contribution in [2.75, 3.05) is 11.9 Å². The van der Waals surface area contributed by atoms with E-state index in [1.165, 1.54) is 18.4 Å². The van der Waals surface area contributed by atoms with E-state index in [1.54, 1.807) is 0 Å². The first kappa shape index (κ1) is 11.6. The van der Waals surface area contributed by atoms with Crippen molar-refractivity contribution in [1.29, 1.82) is 0 Å². The molecule has 94 valence electrons. The lowest BCUT2D eigenvalue weighted by molar-refractivity contribution is 0.425. The van der Waals surface area contributed by atoms with E-state index in [-0.39, 0.29) is 0 Å². The fourth-order valence-corrected chi connectivity index (χ4v) is 2.53. The Morgan fingerprint density at radius 3 is 3.06 bits per heavy atom. The van der Waals surface area contributed by atoms with Crippen LogP contribution in [0.15, 0.2) is 28.8 Å². The van der Waals surface area contributed by atoms with E-state index in [1.807, 2.05) is 24.3 Å². The maximum Gasteiger partial charge on any atom is 0.228 e. The number of anilines is 1. The number of fused-ring (bicyclic) bond motifs is 1. The van der Waals surface area contributed by atoms with Crippen molar-refractivity contribution in [2.24, 2.45) is 0 Å². The minimum absolute atomic E-state index is 0.736. The molecule has 0 unspecified atom stereocenters. The highest BCUT2D eigenvalue weighted by molar-refractivity contribution is 6.31. The minimum Gasteiger partial charge on any atom is -0.354 e. The van der Waals surface area contributed by atoms with E-state index in [0.717, 1.165) is 41.6 Å². The van der Waals surface area contributed by atoms with Crippen molar-refractivity contribution < 1.29 is 4.52 Å². The zero-order valence-electron chi connectivity index (χ0n) is 10.1. The van der Waals surface area contributed by atoms with Crippen LogP contribution in [0.25, 0.3) is 0 Å². The van der Waals surface area contributed by atoms with Crippen LogP contribution < -0.4 is 5.32 Å². The number of benzene rings is 1. The van der Waals surface area contributed by atoms with Gasteiger partial charge in [-0.2, -0.15) is 0 Å². The lowest BCUT2D eigenvalue weighted by Gasteiger charge is -2.03. The van der Waals surface area contributed by atoms with E-state index < -0.39 is 0 Å². The first-order valence-electron chi connectivity index (χ1n) is 6.29. The molecule has 0 aliphatic carbocycles.